The first-order valence-electron chi connectivity index (χ1n) is 10.6. The summed E-state index contributed by atoms with van der Waals surface area (Å²) in [7, 11) is 4.06. The summed E-state index contributed by atoms with van der Waals surface area (Å²) in [5.74, 6) is 0.767. The second-order valence-corrected chi connectivity index (χ2v) is 8.52. The molecule has 6 heteroatoms. The maximum absolute atomic E-state index is 12.1. The number of carbonyl (C=O) groups excluding carboxylic acids is 1. The van der Waals surface area contributed by atoms with E-state index in [1.165, 1.54) is 0 Å². The maximum Gasteiger partial charge on any atom is 0.220 e. The van der Waals surface area contributed by atoms with E-state index in [0.29, 0.717) is 18.9 Å². The number of hydrogen-bond acceptors (Lipinski definition) is 3. The Hall–Kier alpha value is -2.11. The molecule has 166 valence electrons. The van der Waals surface area contributed by atoms with Crippen LogP contribution in [0.3, 0.4) is 0 Å². The largest absolute Gasteiger partial charge is 0.355 e. The number of aromatic amines is 1. The Balaban J connectivity index is 0.00000141. The normalized spacial score (nSPS) is 11.7. The van der Waals surface area contributed by atoms with Gasteiger partial charge in [0.05, 0.1) is 6.20 Å². The van der Waals surface area contributed by atoms with Crippen LogP contribution in [0, 0.1) is 5.92 Å². The number of nitrogens with one attached hydrogen (secondary N) is 2. The van der Waals surface area contributed by atoms with Gasteiger partial charge in [0.1, 0.15) is 0 Å². The van der Waals surface area contributed by atoms with Gasteiger partial charge in [0, 0.05) is 35.8 Å². The van der Waals surface area contributed by atoms with Crippen molar-refractivity contribution in [3.05, 3.63) is 53.8 Å². The van der Waals surface area contributed by atoms with Gasteiger partial charge in [-0.2, -0.15) is 5.10 Å². The van der Waals surface area contributed by atoms with Gasteiger partial charge in [0.2, 0.25) is 5.91 Å². The van der Waals surface area contributed by atoms with Crippen LogP contribution in [-0.2, 0) is 11.2 Å². The van der Waals surface area contributed by atoms with E-state index in [2.05, 4.69) is 53.0 Å². The summed E-state index contributed by atoms with van der Waals surface area (Å²) < 4.78 is 0. The second kappa shape index (κ2) is 14.0. The number of benzene rings is 1. The van der Waals surface area contributed by atoms with E-state index < -0.39 is 0 Å². The number of rotatable bonds is 10. The first-order chi connectivity index (χ1) is 14.3. The van der Waals surface area contributed by atoms with E-state index >= 15 is 0 Å². The van der Waals surface area contributed by atoms with Gasteiger partial charge in [-0.1, -0.05) is 50.1 Å². The van der Waals surface area contributed by atoms with Crippen molar-refractivity contribution in [3.8, 4) is 11.1 Å². The Morgan fingerprint density at radius 2 is 2.03 bits per heavy atom. The molecule has 0 saturated carbocycles. The number of allylic oxidation sites excluding steroid dienone is 1. The van der Waals surface area contributed by atoms with Crippen LogP contribution in [0.15, 0.2) is 43.2 Å². The molecule has 2 aromatic rings. The van der Waals surface area contributed by atoms with Gasteiger partial charge in [0.25, 0.3) is 0 Å². The number of aromatic nitrogens is 2. The number of hydrogen-bond donors (Lipinski definition) is 2. The molecule has 0 aliphatic rings. The van der Waals surface area contributed by atoms with Crippen LogP contribution in [0.5, 0.6) is 0 Å². The molecule has 0 saturated heterocycles. The van der Waals surface area contributed by atoms with Crippen LogP contribution >= 0.6 is 11.6 Å². The predicted molar refractivity (Wildman–Crippen MR) is 128 cm³/mol. The third-order valence-corrected chi connectivity index (χ3v) is 5.14. The van der Waals surface area contributed by atoms with Crippen molar-refractivity contribution in [2.24, 2.45) is 5.92 Å². The topological polar surface area (TPSA) is 61.0 Å². The lowest BCUT2D eigenvalue weighted by atomic mass is 10.0. The number of likely N-dealkylation sites (N-methyl/N-ethyl adjacent to an activating group) is 1. The first-order valence-corrected chi connectivity index (χ1v) is 10.9. The van der Waals surface area contributed by atoms with Crippen LogP contribution in [0.2, 0.25) is 5.02 Å². The molecular formula is C24H37ClN4O. The zero-order valence-corrected chi connectivity index (χ0v) is 19.8. The third kappa shape index (κ3) is 9.59. The summed E-state index contributed by atoms with van der Waals surface area (Å²) in [5, 5.41) is 10.6. The lowest BCUT2D eigenvalue weighted by Crippen LogP contribution is -2.41. The highest BCUT2D eigenvalue weighted by Gasteiger charge is 2.16. The molecular weight excluding hydrogens is 396 g/mol. The van der Waals surface area contributed by atoms with Crippen molar-refractivity contribution in [2.45, 2.75) is 52.5 Å². The molecule has 0 bridgehead atoms. The summed E-state index contributed by atoms with van der Waals surface area (Å²) in [6.07, 6.45) is 8.79. The molecule has 2 rings (SSSR count). The van der Waals surface area contributed by atoms with Crippen molar-refractivity contribution in [3.63, 3.8) is 0 Å². The number of halogens is 1. The maximum atomic E-state index is 12.1. The quantitative estimate of drug-likeness (QED) is 0.498. The van der Waals surface area contributed by atoms with Gasteiger partial charge in [-0.3, -0.25) is 9.89 Å². The SMILES string of the molecule is C=CC.CC(C)CCCC(=O)NCC(Cc1ccc(-c2cn[nH]c2)cc1Cl)N(C)C. The number of carbonyl (C=O) groups is 1. The second-order valence-electron chi connectivity index (χ2n) is 8.11. The molecule has 1 aromatic carbocycles. The summed E-state index contributed by atoms with van der Waals surface area (Å²) in [6.45, 7) is 10.2. The average Bonchev–Trinajstić information content (AvgIpc) is 3.21. The van der Waals surface area contributed by atoms with E-state index in [9.17, 15) is 4.79 Å². The molecule has 0 aliphatic carbocycles. The zero-order valence-electron chi connectivity index (χ0n) is 19.0. The lowest BCUT2D eigenvalue weighted by Gasteiger charge is -2.25. The van der Waals surface area contributed by atoms with Crippen LogP contribution in [0.4, 0.5) is 0 Å². The molecule has 0 aliphatic heterocycles. The number of H-pyrrole nitrogens is 1. The van der Waals surface area contributed by atoms with Gasteiger partial charge in [0.15, 0.2) is 0 Å². The summed E-state index contributed by atoms with van der Waals surface area (Å²) in [4.78, 5) is 14.2. The van der Waals surface area contributed by atoms with Crippen LogP contribution < -0.4 is 5.32 Å². The highest BCUT2D eigenvalue weighted by molar-refractivity contribution is 6.31. The van der Waals surface area contributed by atoms with Gasteiger partial charge < -0.3 is 10.2 Å². The van der Waals surface area contributed by atoms with Gasteiger partial charge in [-0.15, -0.1) is 6.58 Å². The van der Waals surface area contributed by atoms with Crippen molar-refractivity contribution < 1.29 is 4.79 Å². The van der Waals surface area contributed by atoms with Gasteiger partial charge in [-0.05, 0) is 57.0 Å². The Morgan fingerprint density at radius 1 is 1.33 bits per heavy atom. The highest BCUT2D eigenvalue weighted by Crippen LogP contribution is 2.26. The number of nitrogens with zero attached hydrogens (tertiary/aromatic N) is 2. The zero-order chi connectivity index (χ0) is 22.5. The molecule has 0 spiro atoms. The Morgan fingerprint density at radius 3 is 2.57 bits per heavy atom. The van der Waals surface area contributed by atoms with Crippen LogP contribution in [-0.4, -0.2) is 47.7 Å². The van der Waals surface area contributed by atoms with Crippen molar-refractivity contribution in [1.82, 2.24) is 20.4 Å². The molecule has 1 aromatic heterocycles. The molecule has 30 heavy (non-hydrogen) atoms. The minimum Gasteiger partial charge on any atom is -0.355 e. The fourth-order valence-corrected chi connectivity index (χ4v) is 3.24. The Bertz CT molecular complexity index is 757. The molecule has 0 fully saturated rings. The lowest BCUT2D eigenvalue weighted by molar-refractivity contribution is -0.121. The number of amides is 1. The standard InChI is InChI=1S/C21H31ClN4O.C3H6/c1-15(2)6-5-7-21(27)23-14-19(26(3)4)10-17-9-8-16(11-20(17)22)18-12-24-25-13-18;1-3-2/h8-9,11-13,15,19H,5-7,10,14H2,1-4H3,(H,23,27)(H,24,25);3H,1H2,2H3. The van der Waals surface area contributed by atoms with Gasteiger partial charge in [-0.25, -0.2) is 0 Å². The van der Waals surface area contributed by atoms with Crippen LogP contribution in [0.1, 0.15) is 45.6 Å². The molecule has 1 unspecified atom stereocenters. The Labute approximate surface area is 186 Å². The monoisotopic (exact) mass is 432 g/mol. The third-order valence-electron chi connectivity index (χ3n) is 4.79. The van der Waals surface area contributed by atoms with Crippen LogP contribution in [0.25, 0.3) is 11.1 Å². The van der Waals surface area contributed by atoms with Crippen molar-refractivity contribution in [1.29, 1.82) is 0 Å². The molecule has 1 amide bonds. The Kier molecular flexibility index (Phi) is 12.1. The fraction of sp³-hybridized carbons (Fsp3) is 0.500. The van der Waals surface area contributed by atoms with Crippen molar-refractivity contribution in [2.75, 3.05) is 20.6 Å². The van der Waals surface area contributed by atoms with Gasteiger partial charge >= 0.3 is 0 Å². The van der Waals surface area contributed by atoms with Crippen molar-refractivity contribution >= 4 is 17.5 Å². The average molecular weight is 433 g/mol. The smallest absolute Gasteiger partial charge is 0.220 e. The molecule has 1 heterocycles. The molecule has 0 radical (unpaired) electrons. The van der Waals surface area contributed by atoms with E-state index in [4.69, 9.17) is 11.6 Å². The van der Waals surface area contributed by atoms with E-state index in [1.807, 2.05) is 33.3 Å². The molecule has 2 N–H and O–H groups in total. The highest BCUT2D eigenvalue weighted by atomic mass is 35.5. The predicted octanol–water partition coefficient (Wildman–Crippen LogP) is 5.34. The minimum absolute atomic E-state index is 0.129. The van der Waals surface area contributed by atoms with E-state index in [1.54, 1.807) is 12.3 Å². The van der Waals surface area contributed by atoms with E-state index in [0.717, 1.165) is 41.0 Å². The van der Waals surface area contributed by atoms with E-state index in [-0.39, 0.29) is 11.9 Å². The fourth-order valence-electron chi connectivity index (χ4n) is 2.98. The first kappa shape index (κ1) is 25.9. The molecule has 5 nitrogen and oxygen atoms in total. The summed E-state index contributed by atoms with van der Waals surface area (Å²) >= 11 is 6.52. The molecule has 1 atom stereocenters. The summed E-state index contributed by atoms with van der Waals surface area (Å²) in [5.41, 5.74) is 3.13. The summed E-state index contributed by atoms with van der Waals surface area (Å²) in [6, 6.07) is 6.28. The minimum atomic E-state index is 0.129.